The molecule has 12 heavy (non-hydrogen) atoms. The van der Waals surface area contributed by atoms with Gasteiger partial charge in [-0.1, -0.05) is 3.89 Å². The van der Waals surface area contributed by atoms with Gasteiger partial charge < -0.3 is 0 Å². The quantitative estimate of drug-likeness (QED) is 0.471. The van der Waals surface area contributed by atoms with Gasteiger partial charge in [-0.15, -0.1) is 17.8 Å². The van der Waals surface area contributed by atoms with Crippen molar-refractivity contribution in [3.8, 4) is 0 Å². The fourth-order valence-electron chi connectivity index (χ4n) is 1.99. The van der Waals surface area contributed by atoms with Crippen molar-refractivity contribution in [3.63, 3.8) is 0 Å². The molecule has 0 aliphatic carbocycles. The fourth-order valence-corrected chi connectivity index (χ4v) is 2.87. The van der Waals surface area contributed by atoms with Crippen molar-refractivity contribution >= 4 is 10.4 Å². The number of fused-ring (bicyclic) bond motifs is 3. The predicted octanol–water partition coefficient (Wildman–Crippen LogP) is -0.0543. The number of nitrogens with zero attached hydrogens (tertiary/aromatic N) is 1. The Labute approximate surface area is 71.3 Å². The van der Waals surface area contributed by atoms with Crippen molar-refractivity contribution < 1.29 is 16.3 Å². The van der Waals surface area contributed by atoms with Crippen LogP contribution in [-0.2, 0) is 10.4 Å². The molecule has 0 aromatic rings. The van der Waals surface area contributed by atoms with Crippen molar-refractivity contribution in [2.75, 3.05) is 19.6 Å². The molecule has 0 atom stereocenters. The van der Waals surface area contributed by atoms with Gasteiger partial charge in [0, 0.05) is 19.4 Å². The van der Waals surface area contributed by atoms with Crippen LogP contribution in [0, 0.1) is 5.92 Å². The summed E-state index contributed by atoms with van der Waals surface area (Å²) < 4.78 is 33.9. The van der Waals surface area contributed by atoms with Gasteiger partial charge in [0.15, 0.2) is 0 Å². The van der Waals surface area contributed by atoms with E-state index < -0.39 is 14.4 Å². The van der Waals surface area contributed by atoms with Crippen LogP contribution in [-0.4, -0.2) is 32.0 Å². The second kappa shape index (κ2) is 2.40. The minimum absolute atomic E-state index is 0.378. The Morgan fingerprint density at radius 1 is 1.33 bits per heavy atom. The Morgan fingerprint density at radius 3 is 2.17 bits per heavy atom. The smallest absolute Gasteiger partial charge is 0.150 e. The van der Waals surface area contributed by atoms with Gasteiger partial charge in [0.2, 0.25) is 0 Å². The topological polar surface area (TPSA) is 46.2 Å². The Morgan fingerprint density at radius 2 is 1.92 bits per heavy atom. The molecule has 3 rings (SSSR count). The molecular weight excluding hydrogens is 183 g/mol. The van der Waals surface area contributed by atoms with Gasteiger partial charge in [0.1, 0.15) is 13.1 Å². The van der Waals surface area contributed by atoms with Gasteiger partial charge >= 0.3 is 10.4 Å². The first-order chi connectivity index (χ1) is 5.54. The van der Waals surface area contributed by atoms with E-state index in [9.17, 15) is 12.3 Å². The highest BCUT2D eigenvalue weighted by Crippen LogP contribution is 2.30. The third-order valence-electron chi connectivity index (χ3n) is 2.88. The largest absolute Gasteiger partial charge is 0.493 e. The van der Waals surface area contributed by atoms with Gasteiger partial charge in [-0.3, -0.25) is 0 Å². The third-order valence-corrected chi connectivity index (χ3v) is 4.21. The van der Waals surface area contributed by atoms with E-state index >= 15 is 0 Å². The molecule has 0 aromatic carbocycles. The van der Waals surface area contributed by atoms with Gasteiger partial charge in [-0.25, -0.2) is 0 Å². The average molecular weight is 195 g/mol. The lowest BCUT2D eigenvalue weighted by atomic mass is 9.95. The van der Waals surface area contributed by atoms with Crippen LogP contribution >= 0.6 is 0 Å². The maximum Gasteiger partial charge on any atom is 0.493 e. The highest BCUT2D eigenvalue weighted by atomic mass is 32.3. The van der Waals surface area contributed by atoms with Crippen LogP contribution in [0.1, 0.15) is 12.8 Å². The van der Waals surface area contributed by atoms with Crippen LogP contribution in [0.15, 0.2) is 0 Å². The van der Waals surface area contributed by atoms with E-state index in [1.165, 1.54) is 0 Å². The van der Waals surface area contributed by atoms with E-state index in [4.69, 9.17) is 0 Å². The zero-order valence-corrected chi connectivity index (χ0v) is 7.48. The molecule has 0 radical (unpaired) electrons. The highest BCUT2D eigenvalue weighted by molar-refractivity contribution is 7.80. The monoisotopic (exact) mass is 195 g/mol. The summed E-state index contributed by atoms with van der Waals surface area (Å²) in [6, 6.07) is 0. The van der Waals surface area contributed by atoms with E-state index in [0.717, 1.165) is 12.8 Å². The molecule has 2 bridgehead atoms. The van der Waals surface area contributed by atoms with Gasteiger partial charge in [-0.05, 0) is 5.92 Å². The van der Waals surface area contributed by atoms with Crippen molar-refractivity contribution in [2.45, 2.75) is 12.8 Å². The number of hydrogen-bond acceptors (Lipinski definition) is 3. The summed E-state index contributed by atoms with van der Waals surface area (Å²) in [6.45, 7) is 1.39. The molecule has 3 aliphatic rings. The van der Waals surface area contributed by atoms with Gasteiger partial charge in [-0.2, -0.15) is 0 Å². The molecule has 0 saturated carbocycles. The van der Waals surface area contributed by atoms with Crippen LogP contribution in [0.25, 0.3) is 0 Å². The van der Waals surface area contributed by atoms with Crippen LogP contribution in [0.3, 0.4) is 0 Å². The van der Waals surface area contributed by atoms with Crippen LogP contribution in [0.4, 0.5) is 3.89 Å². The van der Waals surface area contributed by atoms with Gasteiger partial charge in [0.05, 0.1) is 0 Å². The van der Waals surface area contributed by atoms with Gasteiger partial charge in [0.25, 0.3) is 0 Å². The Hall–Kier alpha value is -0.200. The summed E-state index contributed by atoms with van der Waals surface area (Å²) in [5.74, 6) is 0.548. The molecule has 0 aromatic heterocycles. The molecular formula is C6H12FN2O2S+. The second-order valence-corrected chi connectivity index (χ2v) is 5.08. The minimum Gasteiger partial charge on any atom is -0.150 e. The number of halogens is 1. The average Bonchev–Trinajstić information content (AvgIpc) is 2.06. The lowest BCUT2D eigenvalue weighted by Gasteiger charge is -2.43. The molecule has 6 heteroatoms. The third kappa shape index (κ3) is 1.06. The first kappa shape index (κ1) is 8.40. The first-order valence-corrected chi connectivity index (χ1v) is 5.44. The van der Waals surface area contributed by atoms with Crippen LogP contribution in [0.2, 0.25) is 0 Å². The summed E-state index contributed by atoms with van der Waals surface area (Å²) in [5, 5.41) is 0. The zero-order valence-electron chi connectivity index (χ0n) is 6.66. The Bertz CT molecular complexity index is 268. The maximum absolute atomic E-state index is 12.8. The fraction of sp³-hybridized carbons (Fsp3) is 1.00. The second-order valence-electron chi connectivity index (χ2n) is 3.55. The van der Waals surface area contributed by atoms with E-state index in [-0.39, 0.29) is 0 Å². The molecule has 70 valence electrons. The minimum atomic E-state index is -4.47. The van der Waals surface area contributed by atoms with Crippen molar-refractivity contribution in [1.29, 1.82) is 0 Å². The summed E-state index contributed by atoms with van der Waals surface area (Å²) in [4.78, 5) is 0. The molecule has 3 aliphatic heterocycles. The molecule has 0 unspecified atom stereocenters. The number of rotatable bonds is 1. The molecule has 4 nitrogen and oxygen atoms in total. The standard InChI is InChI=1S/C6H12FN2O2S/c7-12(10,11)9-3-1-6(2-4-9)5-8-9/h6,8H,1-5H2/q+1. The predicted molar refractivity (Wildman–Crippen MR) is 40.7 cm³/mol. The van der Waals surface area contributed by atoms with Crippen molar-refractivity contribution in [1.82, 2.24) is 5.43 Å². The zero-order chi connectivity index (χ0) is 8.82. The molecule has 3 heterocycles. The van der Waals surface area contributed by atoms with E-state index in [2.05, 4.69) is 5.43 Å². The summed E-state index contributed by atoms with van der Waals surface area (Å²) in [6.07, 6.45) is 1.63. The van der Waals surface area contributed by atoms with E-state index in [0.29, 0.717) is 25.6 Å². The Kier molecular flexibility index (Phi) is 1.68. The van der Waals surface area contributed by atoms with Crippen molar-refractivity contribution in [2.24, 2.45) is 5.92 Å². The molecule has 1 N–H and O–H groups in total. The van der Waals surface area contributed by atoms with Crippen LogP contribution in [0.5, 0.6) is 0 Å². The summed E-state index contributed by atoms with van der Waals surface area (Å²) >= 11 is 0. The highest BCUT2D eigenvalue weighted by Gasteiger charge is 2.50. The van der Waals surface area contributed by atoms with Crippen molar-refractivity contribution in [3.05, 3.63) is 0 Å². The summed E-state index contributed by atoms with van der Waals surface area (Å²) in [7, 11) is -4.47. The van der Waals surface area contributed by atoms with Crippen LogP contribution < -0.4 is 5.43 Å². The number of quaternary nitrogens is 1. The lowest BCUT2D eigenvalue weighted by Crippen LogP contribution is -2.68. The number of piperidine rings is 1. The maximum atomic E-state index is 12.8. The lowest BCUT2D eigenvalue weighted by molar-refractivity contribution is -0.873. The first-order valence-electron chi connectivity index (χ1n) is 4.10. The van der Waals surface area contributed by atoms with E-state index in [1.54, 1.807) is 0 Å². The summed E-state index contributed by atoms with van der Waals surface area (Å²) in [5.41, 5.74) is 2.75. The Balaban J connectivity index is 2.31. The SMILES string of the molecule is O=S(=O)(F)[N+]12CCC(CC1)CN2. The van der Waals surface area contributed by atoms with E-state index in [1.807, 2.05) is 0 Å². The molecule has 0 spiro atoms. The molecule has 3 fully saturated rings. The molecule has 0 amide bonds. The molecule has 3 saturated heterocycles. The normalized spacial score (nSPS) is 41.6. The number of nitrogens with one attached hydrogen (secondary N) is 1. The number of hydrogen-bond donors (Lipinski definition) is 1.